The van der Waals surface area contributed by atoms with Crippen molar-refractivity contribution in [1.82, 2.24) is 9.19 Å². The second-order valence-electron chi connectivity index (χ2n) is 3.84. The number of hydrogen-bond donors (Lipinski definition) is 1. The van der Waals surface area contributed by atoms with E-state index in [-0.39, 0.29) is 6.61 Å². The Morgan fingerprint density at radius 2 is 2.38 bits per heavy atom. The first kappa shape index (κ1) is 15.3. The molecule has 0 aliphatic heterocycles. The van der Waals surface area contributed by atoms with E-state index in [0.717, 1.165) is 4.90 Å². The average Bonchev–Trinajstić information content (AvgIpc) is 2.90. The molecule has 0 spiro atoms. The number of hydrogen-bond acceptors (Lipinski definition) is 5. The maximum absolute atomic E-state index is 11.8. The standard InChI is InChI=1S/C12H11N5O2S2/c1-21-10-4-2-3-8(12(18)14-16-13)9(10)7-19-11-5-6-17(20)15-11/h2-6,20H,7H2,1H3. The number of rotatable bonds is 5. The van der Waals surface area contributed by atoms with Crippen LogP contribution in [0, 0.1) is 0 Å². The summed E-state index contributed by atoms with van der Waals surface area (Å²) in [5.41, 5.74) is 9.39. The third-order valence-corrected chi connectivity index (χ3v) is 3.68. The zero-order chi connectivity index (χ0) is 15.2. The van der Waals surface area contributed by atoms with Gasteiger partial charge in [0, 0.05) is 33.2 Å². The van der Waals surface area contributed by atoms with Crippen molar-refractivity contribution in [3.05, 3.63) is 52.0 Å². The molecule has 0 aliphatic rings. The van der Waals surface area contributed by atoms with Gasteiger partial charge < -0.3 is 4.74 Å². The molecule has 1 aromatic heterocycles. The molecule has 2 rings (SSSR count). The summed E-state index contributed by atoms with van der Waals surface area (Å²) in [6, 6.07) is 6.86. The van der Waals surface area contributed by atoms with Crippen molar-refractivity contribution in [3.8, 4) is 5.88 Å². The molecular formula is C12H11N5O2S2. The Kier molecular flexibility index (Phi) is 5.15. The topological polar surface area (TPSA) is 92.9 Å². The van der Waals surface area contributed by atoms with Crippen LogP contribution in [-0.4, -0.2) is 21.3 Å². The molecule has 0 radical (unpaired) electrons. The highest BCUT2D eigenvalue weighted by molar-refractivity contribution is 7.98. The van der Waals surface area contributed by atoms with Crippen molar-refractivity contribution in [3.63, 3.8) is 0 Å². The molecule has 21 heavy (non-hydrogen) atoms. The van der Waals surface area contributed by atoms with Crippen LogP contribution in [0.1, 0.15) is 15.9 Å². The maximum Gasteiger partial charge on any atom is 0.249 e. The SMILES string of the molecule is CSc1cccc(C(=O)N=[N+]=[N-])c1COc1ccn(S)n1. The molecule has 9 heteroatoms. The molecule has 0 atom stereocenters. The van der Waals surface area contributed by atoms with Gasteiger partial charge in [0.15, 0.2) is 0 Å². The van der Waals surface area contributed by atoms with Gasteiger partial charge in [0.05, 0.1) is 0 Å². The molecule has 2 aromatic rings. The van der Waals surface area contributed by atoms with Crippen LogP contribution in [0.4, 0.5) is 0 Å². The number of aromatic nitrogens is 2. The Morgan fingerprint density at radius 3 is 3.00 bits per heavy atom. The van der Waals surface area contributed by atoms with Gasteiger partial charge in [-0.05, 0) is 35.8 Å². The number of carbonyl (C=O) groups excluding carboxylic acids is 1. The predicted octanol–water partition coefficient (Wildman–Crippen LogP) is 3.33. The zero-order valence-corrected chi connectivity index (χ0v) is 12.7. The van der Waals surface area contributed by atoms with Crippen molar-refractivity contribution in [1.29, 1.82) is 0 Å². The third kappa shape index (κ3) is 3.72. The second kappa shape index (κ2) is 7.07. The maximum atomic E-state index is 11.8. The fourth-order valence-electron chi connectivity index (χ4n) is 1.72. The number of carbonyl (C=O) groups is 1. The van der Waals surface area contributed by atoms with Gasteiger partial charge in [0.25, 0.3) is 0 Å². The number of amides is 1. The van der Waals surface area contributed by atoms with Crippen molar-refractivity contribution in [2.24, 2.45) is 5.11 Å². The first-order valence-electron chi connectivity index (χ1n) is 5.78. The molecule has 0 saturated heterocycles. The first-order chi connectivity index (χ1) is 10.2. The summed E-state index contributed by atoms with van der Waals surface area (Å²) >= 11 is 5.49. The minimum Gasteiger partial charge on any atom is -0.472 e. The lowest BCUT2D eigenvalue weighted by atomic mass is 10.1. The average molecular weight is 321 g/mol. The van der Waals surface area contributed by atoms with Crippen LogP contribution in [0.25, 0.3) is 10.4 Å². The van der Waals surface area contributed by atoms with Gasteiger partial charge in [-0.3, -0.25) is 4.79 Å². The van der Waals surface area contributed by atoms with Crippen molar-refractivity contribution >= 4 is 30.5 Å². The Bertz CT molecular complexity index is 709. The summed E-state index contributed by atoms with van der Waals surface area (Å²) in [4.78, 5) is 15.2. The Labute approximate surface area is 130 Å². The molecular weight excluding hydrogens is 310 g/mol. The van der Waals surface area contributed by atoms with Gasteiger partial charge >= 0.3 is 0 Å². The van der Waals surface area contributed by atoms with Crippen molar-refractivity contribution < 1.29 is 9.53 Å². The van der Waals surface area contributed by atoms with Crippen LogP contribution < -0.4 is 4.74 Å². The molecule has 108 valence electrons. The van der Waals surface area contributed by atoms with Crippen LogP contribution in [0.3, 0.4) is 0 Å². The predicted molar refractivity (Wildman–Crippen MR) is 82.6 cm³/mol. The van der Waals surface area contributed by atoms with Gasteiger partial charge in [0.1, 0.15) is 6.61 Å². The summed E-state index contributed by atoms with van der Waals surface area (Å²) in [6.07, 6.45) is 3.52. The number of thioether (sulfide) groups is 1. The molecule has 0 unspecified atom stereocenters. The monoisotopic (exact) mass is 321 g/mol. The molecule has 0 bridgehead atoms. The number of thiol groups is 1. The minimum atomic E-state index is -0.633. The van der Waals surface area contributed by atoms with Crippen molar-refractivity contribution in [2.75, 3.05) is 6.26 Å². The number of benzene rings is 1. The lowest BCUT2D eigenvalue weighted by Gasteiger charge is -2.11. The van der Waals surface area contributed by atoms with E-state index in [9.17, 15) is 4.79 Å². The molecule has 0 saturated carbocycles. The third-order valence-electron chi connectivity index (χ3n) is 2.63. The molecule has 1 aromatic carbocycles. The number of nitrogens with zero attached hydrogens (tertiary/aromatic N) is 5. The minimum absolute atomic E-state index is 0.143. The van der Waals surface area contributed by atoms with E-state index in [1.807, 2.05) is 12.3 Å². The van der Waals surface area contributed by atoms with E-state index in [2.05, 4.69) is 27.9 Å². The van der Waals surface area contributed by atoms with Crippen LogP contribution in [0.15, 0.2) is 40.5 Å². The van der Waals surface area contributed by atoms with E-state index in [1.165, 1.54) is 15.8 Å². The van der Waals surface area contributed by atoms with Crippen LogP contribution in [0.5, 0.6) is 5.88 Å². The smallest absolute Gasteiger partial charge is 0.249 e. The highest BCUT2D eigenvalue weighted by Gasteiger charge is 2.14. The van der Waals surface area contributed by atoms with E-state index >= 15 is 0 Å². The van der Waals surface area contributed by atoms with Gasteiger partial charge in [-0.1, -0.05) is 12.1 Å². The van der Waals surface area contributed by atoms with Crippen molar-refractivity contribution in [2.45, 2.75) is 11.5 Å². The largest absolute Gasteiger partial charge is 0.472 e. The quantitative estimate of drug-likeness (QED) is 0.300. The number of azide groups is 1. The van der Waals surface area contributed by atoms with Crippen LogP contribution in [-0.2, 0) is 6.61 Å². The van der Waals surface area contributed by atoms with Crippen LogP contribution in [0.2, 0.25) is 0 Å². The highest BCUT2D eigenvalue weighted by Crippen LogP contribution is 2.25. The van der Waals surface area contributed by atoms with E-state index in [0.29, 0.717) is 17.0 Å². The fourth-order valence-corrected chi connectivity index (χ4v) is 2.51. The summed E-state index contributed by atoms with van der Waals surface area (Å²) in [6.45, 7) is 0.143. The Morgan fingerprint density at radius 1 is 1.57 bits per heavy atom. The van der Waals surface area contributed by atoms with E-state index in [1.54, 1.807) is 24.4 Å². The van der Waals surface area contributed by atoms with Gasteiger partial charge in [-0.2, -0.15) is 0 Å². The summed E-state index contributed by atoms with van der Waals surface area (Å²) in [5, 5.41) is 7.11. The summed E-state index contributed by atoms with van der Waals surface area (Å²) < 4.78 is 6.86. The molecule has 0 fully saturated rings. The lowest BCUT2D eigenvalue weighted by Crippen LogP contribution is -2.06. The van der Waals surface area contributed by atoms with Gasteiger partial charge in [-0.15, -0.1) is 16.9 Å². The summed E-state index contributed by atoms with van der Waals surface area (Å²) in [5.74, 6) is -0.241. The van der Waals surface area contributed by atoms with Crippen LogP contribution >= 0.6 is 24.6 Å². The molecule has 1 amide bonds. The zero-order valence-electron chi connectivity index (χ0n) is 11.0. The normalized spacial score (nSPS) is 10.0. The highest BCUT2D eigenvalue weighted by atomic mass is 32.2. The molecule has 0 aliphatic carbocycles. The Hall–Kier alpha value is -2.09. The van der Waals surface area contributed by atoms with Gasteiger partial charge in [-0.25, -0.2) is 4.09 Å². The van der Waals surface area contributed by atoms with E-state index < -0.39 is 5.91 Å². The fraction of sp³-hybridized carbons (Fsp3) is 0.167. The molecule has 0 N–H and O–H groups in total. The summed E-state index contributed by atoms with van der Waals surface area (Å²) in [7, 11) is 0. The molecule has 7 nitrogen and oxygen atoms in total. The number of ether oxygens (including phenoxy) is 1. The Balaban J connectivity index is 2.30. The molecule has 1 heterocycles. The lowest BCUT2D eigenvalue weighted by molar-refractivity contribution is 0.0997. The first-order valence-corrected chi connectivity index (χ1v) is 7.41. The van der Waals surface area contributed by atoms with Gasteiger partial charge in [0.2, 0.25) is 11.8 Å². The van der Waals surface area contributed by atoms with E-state index in [4.69, 9.17) is 10.3 Å². The second-order valence-corrected chi connectivity index (χ2v) is 5.10.